The highest BCUT2D eigenvalue weighted by Crippen LogP contribution is 2.17. The molecule has 0 aliphatic carbocycles. The van der Waals surface area contributed by atoms with Crippen LogP contribution in [-0.4, -0.2) is 48.5 Å². The molecule has 154 valence electrons. The number of amides is 1. The Bertz CT molecular complexity index is 938. The molecule has 0 bridgehead atoms. The third-order valence-corrected chi connectivity index (χ3v) is 5.54. The Morgan fingerprint density at radius 1 is 0.867 bits per heavy atom. The Hall–Kier alpha value is -3.18. The van der Waals surface area contributed by atoms with E-state index in [2.05, 4.69) is 62.6 Å². The van der Waals surface area contributed by atoms with E-state index in [9.17, 15) is 4.79 Å². The van der Waals surface area contributed by atoms with Crippen molar-refractivity contribution in [2.75, 3.05) is 42.9 Å². The van der Waals surface area contributed by atoms with E-state index in [0.29, 0.717) is 6.42 Å². The van der Waals surface area contributed by atoms with E-state index < -0.39 is 0 Å². The van der Waals surface area contributed by atoms with Crippen molar-refractivity contribution in [1.29, 1.82) is 0 Å². The van der Waals surface area contributed by atoms with Crippen LogP contribution in [0.2, 0.25) is 0 Å². The zero-order valence-corrected chi connectivity index (χ0v) is 17.2. The average molecular weight is 401 g/mol. The number of carbonyl (C=O) groups excluding carboxylic acids is 1. The molecule has 0 unspecified atom stereocenters. The number of hydrogen-bond acceptors (Lipinski definition) is 4. The Labute approximate surface area is 178 Å². The van der Waals surface area contributed by atoms with Gasteiger partial charge in [0.2, 0.25) is 5.91 Å². The van der Waals surface area contributed by atoms with Gasteiger partial charge in [0.1, 0.15) is 0 Å². The van der Waals surface area contributed by atoms with Crippen LogP contribution < -0.4 is 10.2 Å². The van der Waals surface area contributed by atoms with Crippen LogP contribution in [0.25, 0.3) is 0 Å². The minimum Gasteiger partial charge on any atom is -0.369 e. The first-order valence-electron chi connectivity index (χ1n) is 10.6. The van der Waals surface area contributed by atoms with E-state index in [1.54, 1.807) is 12.4 Å². The van der Waals surface area contributed by atoms with E-state index >= 15 is 0 Å². The molecule has 1 aliphatic rings. The van der Waals surface area contributed by atoms with Gasteiger partial charge in [-0.1, -0.05) is 30.3 Å². The summed E-state index contributed by atoms with van der Waals surface area (Å²) in [6, 6.07) is 22.6. The van der Waals surface area contributed by atoms with Gasteiger partial charge in [-0.05, 0) is 53.9 Å². The minimum atomic E-state index is -0.00427. The largest absolute Gasteiger partial charge is 0.369 e. The Kier molecular flexibility index (Phi) is 6.72. The third-order valence-electron chi connectivity index (χ3n) is 5.54. The molecule has 3 aromatic rings. The maximum atomic E-state index is 12.3. The predicted molar refractivity (Wildman–Crippen MR) is 122 cm³/mol. The lowest BCUT2D eigenvalue weighted by atomic mass is 10.1. The first kappa shape index (κ1) is 20.1. The van der Waals surface area contributed by atoms with E-state index in [0.717, 1.165) is 50.4 Å². The molecule has 30 heavy (non-hydrogen) atoms. The van der Waals surface area contributed by atoms with Crippen LogP contribution >= 0.6 is 0 Å². The standard InChI is InChI=1S/C25H28N4O/c30-25(20-22-9-12-26-13-10-22)27-23-6-4-5-21(19-23)11-14-28-15-17-29(18-16-28)24-7-2-1-3-8-24/h1-10,12-13,19H,11,14-18,20H2,(H,27,30). The topological polar surface area (TPSA) is 48.5 Å². The number of piperazine rings is 1. The van der Waals surface area contributed by atoms with Crippen LogP contribution in [0.4, 0.5) is 11.4 Å². The SMILES string of the molecule is O=C(Cc1ccncc1)Nc1cccc(CCN2CCN(c3ccccc3)CC2)c1. The lowest BCUT2D eigenvalue weighted by Gasteiger charge is -2.36. The zero-order valence-electron chi connectivity index (χ0n) is 17.2. The van der Waals surface area contributed by atoms with Crippen molar-refractivity contribution in [2.45, 2.75) is 12.8 Å². The van der Waals surface area contributed by atoms with Gasteiger partial charge < -0.3 is 10.2 Å². The van der Waals surface area contributed by atoms with E-state index in [-0.39, 0.29) is 5.91 Å². The van der Waals surface area contributed by atoms with Gasteiger partial charge in [-0.25, -0.2) is 0 Å². The summed E-state index contributed by atoms with van der Waals surface area (Å²) < 4.78 is 0. The number of para-hydroxylation sites is 1. The second kappa shape index (κ2) is 10.0. The van der Waals surface area contributed by atoms with Crippen molar-refractivity contribution in [3.05, 3.63) is 90.3 Å². The van der Waals surface area contributed by atoms with Crippen LogP contribution in [0.15, 0.2) is 79.1 Å². The van der Waals surface area contributed by atoms with Crippen molar-refractivity contribution < 1.29 is 4.79 Å². The van der Waals surface area contributed by atoms with Crippen LogP contribution in [0.1, 0.15) is 11.1 Å². The average Bonchev–Trinajstić information content (AvgIpc) is 2.79. The van der Waals surface area contributed by atoms with Gasteiger partial charge in [-0.2, -0.15) is 0 Å². The lowest BCUT2D eigenvalue weighted by molar-refractivity contribution is -0.115. The summed E-state index contributed by atoms with van der Waals surface area (Å²) in [6.07, 6.45) is 4.77. The molecule has 0 saturated carbocycles. The maximum absolute atomic E-state index is 12.3. The third kappa shape index (κ3) is 5.67. The Morgan fingerprint density at radius 2 is 1.63 bits per heavy atom. The second-order valence-corrected chi connectivity index (χ2v) is 7.70. The van der Waals surface area contributed by atoms with Crippen molar-refractivity contribution in [3.8, 4) is 0 Å². The molecular weight excluding hydrogens is 372 g/mol. The zero-order chi connectivity index (χ0) is 20.6. The Balaban J connectivity index is 1.24. The fourth-order valence-corrected chi connectivity index (χ4v) is 3.85. The molecule has 2 aromatic carbocycles. The smallest absolute Gasteiger partial charge is 0.228 e. The highest BCUT2D eigenvalue weighted by Gasteiger charge is 2.16. The molecule has 1 aromatic heterocycles. The highest BCUT2D eigenvalue weighted by atomic mass is 16.1. The van der Waals surface area contributed by atoms with Crippen LogP contribution in [-0.2, 0) is 17.6 Å². The monoisotopic (exact) mass is 400 g/mol. The van der Waals surface area contributed by atoms with E-state index in [4.69, 9.17) is 0 Å². The molecule has 1 amide bonds. The molecule has 1 fully saturated rings. The molecular formula is C25H28N4O. The fourth-order valence-electron chi connectivity index (χ4n) is 3.85. The minimum absolute atomic E-state index is 0.00427. The first-order valence-corrected chi connectivity index (χ1v) is 10.6. The van der Waals surface area contributed by atoms with Gasteiger partial charge >= 0.3 is 0 Å². The molecule has 0 atom stereocenters. The maximum Gasteiger partial charge on any atom is 0.228 e. The van der Waals surface area contributed by atoms with Crippen molar-refractivity contribution >= 4 is 17.3 Å². The van der Waals surface area contributed by atoms with Crippen LogP contribution in [0.3, 0.4) is 0 Å². The quantitative estimate of drug-likeness (QED) is 0.658. The number of aromatic nitrogens is 1. The predicted octanol–water partition coefficient (Wildman–Crippen LogP) is 3.63. The van der Waals surface area contributed by atoms with Gasteiger partial charge in [0, 0.05) is 56.5 Å². The van der Waals surface area contributed by atoms with Crippen molar-refractivity contribution in [3.63, 3.8) is 0 Å². The molecule has 5 heteroatoms. The number of rotatable bonds is 7. The molecule has 1 saturated heterocycles. The molecule has 2 heterocycles. The van der Waals surface area contributed by atoms with Crippen LogP contribution in [0, 0.1) is 0 Å². The van der Waals surface area contributed by atoms with Gasteiger partial charge in [0.25, 0.3) is 0 Å². The molecule has 1 aliphatic heterocycles. The number of carbonyl (C=O) groups is 1. The van der Waals surface area contributed by atoms with Gasteiger partial charge in [-0.15, -0.1) is 0 Å². The number of pyridine rings is 1. The van der Waals surface area contributed by atoms with E-state index in [1.807, 2.05) is 24.3 Å². The molecule has 4 rings (SSSR count). The summed E-state index contributed by atoms with van der Waals surface area (Å²) in [7, 11) is 0. The summed E-state index contributed by atoms with van der Waals surface area (Å²) in [5, 5.41) is 3.01. The second-order valence-electron chi connectivity index (χ2n) is 7.70. The summed E-state index contributed by atoms with van der Waals surface area (Å²) >= 11 is 0. The summed E-state index contributed by atoms with van der Waals surface area (Å²) in [5.74, 6) is -0.00427. The summed E-state index contributed by atoms with van der Waals surface area (Å²) in [4.78, 5) is 21.3. The number of nitrogens with zero attached hydrogens (tertiary/aromatic N) is 3. The van der Waals surface area contributed by atoms with Gasteiger partial charge in [-0.3, -0.25) is 14.7 Å². The molecule has 0 radical (unpaired) electrons. The number of anilines is 2. The summed E-state index contributed by atoms with van der Waals surface area (Å²) in [6.45, 7) is 5.33. The number of nitrogens with one attached hydrogen (secondary N) is 1. The Morgan fingerprint density at radius 3 is 2.40 bits per heavy atom. The van der Waals surface area contributed by atoms with Crippen LogP contribution in [0.5, 0.6) is 0 Å². The van der Waals surface area contributed by atoms with Gasteiger partial charge in [0.15, 0.2) is 0 Å². The fraction of sp³-hybridized carbons (Fsp3) is 0.280. The number of hydrogen-bond donors (Lipinski definition) is 1. The molecule has 5 nitrogen and oxygen atoms in total. The lowest BCUT2D eigenvalue weighted by Crippen LogP contribution is -2.46. The van der Waals surface area contributed by atoms with Gasteiger partial charge in [0.05, 0.1) is 6.42 Å². The van der Waals surface area contributed by atoms with E-state index in [1.165, 1.54) is 11.3 Å². The normalized spacial score (nSPS) is 14.5. The molecule has 0 spiro atoms. The highest BCUT2D eigenvalue weighted by molar-refractivity contribution is 5.92. The first-order chi connectivity index (χ1) is 14.8. The summed E-state index contributed by atoms with van der Waals surface area (Å²) in [5.41, 5.74) is 4.39. The van der Waals surface area contributed by atoms with Crippen molar-refractivity contribution in [1.82, 2.24) is 9.88 Å². The van der Waals surface area contributed by atoms with Crippen molar-refractivity contribution in [2.24, 2.45) is 0 Å². The number of benzene rings is 2. The molecule has 1 N–H and O–H groups in total.